The van der Waals surface area contributed by atoms with Crippen molar-refractivity contribution in [1.29, 1.82) is 0 Å². The number of morpholine rings is 1. The van der Waals surface area contributed by atoms with Gasteiger partial charge in [-0.1, -0.05) is 46.3 Å². The highest BCUT2D eigenvalue weighted by Crippen LogP contribution is 2.19. The summed E-state index contributed by atoms with van der Waals surface area (Å²) in [4.78, 5) is 35.1. The van der Waals surface area contributed by atoms with Crippen molar-refractivity contribution in [3.05, 3.63) is 86.5 Å². The van der Waals surface area contributed by atoms with Gasteiger partial charge in [0.1, 0.15) is 6.54 Å². The van der Waals surface area contributed by atoms with E-state index in [1.165, 1.54) is 4.88 Å². The second-order valence-electron chi connectivity index (χ2n) is 9.06. The zero-order chi connectivity index (χ0) is 26.0. The van der Waals surface area contributed by atoms with Gasteiger partial charge in [-0.05, 0) is 48.9 Å². The number of nitrogens with zero attached hydrogens (tertiary/aromatic N) is 3. The summed E-state index contributed by atoms with van der Waals surface area (Å²) in [6, 6.07) is 21.3. The highest BCUT2D eigenvalue weighted by molar-refractivity contribution is 9.10. The molecule has 0 spiro atoms. The number of carbonyl (C=O) groups is 2. The number of carbonyl (C=O) groups excluding carboxylic acids is 2. The van der Waals surface area contributed by atoms with Crippen LogP contribution in [-0.4, -0.2) is 72.6 Å². The van der Waals surface area contributed by atoms with Gasteiger partial charge in [0.25, 0.3) is 0 Å². The molecule has 3 aromatic rings. The van der Waals surface area contributed by atoms with Crippen LogP contribution in [0.2, 0.25) is 0 Å². The van der Waals surface area contributed by atoms with Crippen LogP contribution in [0, 0.1) is 6.92 Å². The SMILES string of the molecule is Cc1ccc(CN(Cc2ccccc2)C(=O)CN(CCN2CCOCC2)C(=O)Nc2ccc(Br)cc2)s1. The first kappa shape index (κ1) is 27.3. The van der Waals surface area contributed by atoms with Crippen molar-refractivity contribution in [3.8, 4) is 0 Å². The summed E-state index contributed by atoms with van der Waals surface area (Å²) < 4.78 is 6.39. The third-order valence-electron chi connectivity index (χ3n) is 6.21. The summed E-state index contributed by atoms with van der Waals surface area (Å²) in [5.74, 6) is -0.0807. The molecule has 196 valence electrons. The fraction of sp³-hybridized carbons (Fsp3) is 0.357. The quantitative estimate of drug-likeness (QED) is 0.355. The molecule has 0 aliphatic carbocycles. The van der Waals surface area contributed by atoms with E-state index in [1.807, 2.05) is 59.5 Å². The van der Waals surface area contributed by atoms with Gasteiger partial charge in [-0.2, -0.15) is 0 Å². The molecule has 0 radical (unpaired) electrons. The Hall–Kier alpha value is -2.72. The van der Waals surface area contributed by atoms with Crippen LogP contribution in [0.1, 0.15) is 15.3 Å². The number of amides is 3. The van der Waals surface area contributed by atoms with Crippen molar-refractivity contribution < 1.29 is 14.3 Å². The smallest absolute Gasteiger partial charge is 0.322 e. The molecular formula is C28H33BrN4O3S. The maximum atomic E-state index is 13.7. The molecule has 1 aliphatic heterocycles. The number of aryl methyl sites for hydroxylation is 1. The minimum atomic E-state index is -0.282. The molecule has 1 fully saturated rings. The maximum absolute atomic E-state index is 13.7. The van der Waals surface area contributed by atoms with E-state index < -0.39 is 0 Å². The summed E-state index contributed by atoms with van der Waals surface area (Å²) in [6.07, 6.45) is 0. The predicted octanol–water partition coefficient (Wildman–Crippen LogP) is 5.21. The van der Waals surface area contributed by atoms with Gasteiger partial charge in [-0.25, -0.2) is 4.79 Å². The van der Waals surface area contributed by atoms with Crippen LogP contribution < -0.4 is 5.32 Å². The van der Waals surface area contributed by atoms with E-state index in [-0.39, 0.29) is 18.5 Å². The molecule has 0 unspecified atom stereocenters. The highest BCUT2D eigenvalue weighted by Gasteiger charge is 2.23. The van der Waals surface area contributed by atoms with Crippen molar-refractivity contribution in [1.82, 2.24) is 14.7 Å². The molecule has 3 amide bonds. The van der Waals surface area contributed by atoms with Crippen molar-refractivity contribution in [2.24, 2.45) is 0 Å². The minimum absolute atomic E-state index is 0.00386. The molecule has 4 rings (SSSR count). The van der Waals surface area contributed by atoms with E-state index in [1.54, 1.807) is 16.2 Å². The molecule has 1 aromatic heterocycles. The molecule has 1 saturated heterocycles. The van der Waals surface area contributed by atoms with Gasteiger partial charge in [0.15, 0.2) is 0 Å². The van der Waals surface area contributed by atoms with Gasteiger partial charge in [0, 0.05) is 52.6 Å². The third-order valence-corrected chi connectivity index (χ3v) is 7.72. The molecule has 37 heavy (non-hydrogen) atoms. The normalized spacial score (nSPS) is 13.8. The lowest BCUT2D eigenvalue weighted by molar-refractivity contribution is -0.133. The first-order valence-corrected chi connectivity index (χ1v) is 14.1. The van der Waals surface area contributed by atoms with E-state index in [2.05, 4.69) is 45.2 Å². The van der Waals surface area contributed by atoms with Crippen LogP contribution in [0.5, 0.6) is 0 Å². The molecule has 2 aromatic carbocycles. The Labute approximate surface area is 231 Å². The number of anilines is 1. The topological polar surface area (TPSA) is 65.1 Å². The van der Waals surface area contributed by atoms with Crippen LogP contribution >= 0.6 is 27.3 Å². The number of hydrogen-bond donors (Lipinski definition) is 1. The van der Waals surface area contributed by atoms with Crippen molar-refractivity contribution in [3.63, 3.8) is 0 Å². The Morgan fingerprint density at radius 3 is 2.38 bits per heavy atom. The number of thiophene rings is 1. The number of halogens is 1. The average Bonchev–Trinajstić information content (AvgIpc) is 3.33. The molecule has 2 heterocycles. The molecule has 1 aliphatic rings. The molecular weight excluding hydrogens is 552 g/mol. The van der Waals surface area contributed by atoms with Crippen LogP contribution in [0.25, 0.3) is 0 Å². The summed E-state index contributed by atoms with van der Waals surface area (Å²) in [7, 11) is 0. The van der Waals surface area contributed by atoms with Crippen molar-refractivity contribution in [2.75, 3.05) is 51.3 Å². The molecule has 9 heteroatoms. The number of rotatable bonds is 10. The molecule has 0 saturated carbocycles. The second-order valence-corrected chi connectivity index (χ2v) is 11.3. The molecule has 7 nitrogen and oxygen atoms in total. The number of urea groups is 1. The summed E-state index contributed by atoms with van der Waals surface area (Å²) >= 11 is 5.12. The fourth-order valence-corrected chi connectivity index (χ4v) is 5.30. The Kier molecular flexibility index (Phi) is 10.1. The van der Waals surface area contributed by atoms with E-state index in [9.17, 15) is 9.59 Å². The maximum Gasteiger partial charge on any atom is 0.322 e. The van der Waals surface area contributed by atoms with Crippen LogP contribution in [0.3, 0.4) is 0 Å². The van der Waals surface area contributed by atoms with Crippen LogP contribution in [-0.2, 0) is 22.6 Å². The van der Waals surface area contributed by atoms with Crippen LogP contribution in [0.15, 0.2) is 71.2 Å². The van der Waals surface area contributed by atoms with Crippen LogP contribution in [0.4, 0.5) is 10.5 Å². The molecule has 0 bridgehead atoms. The lowest BCUT2D eigenvalue weighted by Gasteiger charge is -2.31. The highest BCUT2D eigenvalue weighted by atomic mass is 79.9. The summed E-state index contributed by atoms with van der Waals surface area (Å²) in [6.45, 7) is 7.24. The van der Waals surface area contributed by atoms with Gasteiger partial charge >= 0.3 is 6.03 Å². The minimum Gasteiger partial charge on any atom is -0.379 e. The lowest BCUT2D eigenvalue weighted by Crippen LogP contribution is -2.48. The van der Waals surface area contributed by atoms with E-state index in [0.29, 0.717) is 45.1 Å². The first-order valence-electron chi connectivity index (χ1n) is 12.4. The Morgan fingerprint density at radius 1 is 0.973 bits per heavy atom. The Morgan fingerprint density at radius 2 is 1.70 bits per heavy atom. The zero-order valence-electron chi connectivity index (χ0n) is 21.1. The third kappa shape index (κ3) is 8.67. The average molecular weight is 586 g/mol. The molecule has 0 atom stereocenters. The number of hydrogen-bond acceptors (Lipinski definition) is 5. The zero-order valence-corrected chi connectivity index (χ0v) is 23.5. The monoisotopic (exact) mass is 584 g/mol. The van der Waals surface area contributed by atoms with Gasteiger partial charge < -0.3 is 19.9 Å². The largest absolute Gasteiger partial charge is 0.379 e. The fourth-order valence-electron chi connectivity index (χ4n) is 4.13. The predicted molar refractivity (Wildman–Crippen MR) is 152 cm³/mol. The number of ether oxygens (including phenoxy) is 1. The van der Waals surface area contributed by atoms with Gasteiger partial charge in [0.05, 0.1) is 19.8 Å². The van der Waals surface area contributed by atoms with Gasteiger partial charge in [0.2, 0.25) is 5.91 Å². The second kappa shape index (κ2) is 13.7. The van der Waals surface area contributed by atoms with Gasteiger partial charge in [-0.3, -0.25) is 9.69 Å². The van der Waals surface area contributed by atoms with E-state index in [0.717, 1.165) is 28.0 Å². The van der Waals surface area contributed by atoms with E-state index >= 15 is 0 Å². The van der Waals surface area contributed by atoms with Gasteiger partial charge in [-0.15, -0.1) is 11.3 Å². The molecule has 1 N–H and O–H groups in total. The summed E-state index contributed by atoms with van der Waals surface area (Å²) in [5, 5.41) is 2.96. The Balaban J connectivity index is 1.49. The number of nitrogens with one attached hydrogen (secondary N) is 1. The van der Waals surface area contributed by atoms with Crippen molar-refractivity contribution >= 4 is 44.9 Å². The summed E-state index contributed by atoms with van der Waals surface area (Å²) in [5.41, 5.74) is 1.75. The first-order chi connectivity index (χ1) is 18.0. The van der Waals surface area contributed by atoms with E-state index in [4.69, 9.17) is 4.74 Å². The number of benzene rings is 2. The van der Waals surface area contributed by atoms with Crippen molar-refractivity contribution in [2.45, 2.75) is 20.0 Å². The lowest BCUT2D eigenvalue weighted by atomic mass is 10.2. The Bertz CT molecular complexity index is 1150. The standard InChI is InChI=1S/C28H33BrN4O3S/c1-22-7-12-26(37-22)20-33(19-23-5-3-2-4-6-23)27(34)21-32(14-13-31-15-17-36-18-16-31)28(35)30-25-10-8-24(29)9-11-25/h2-12H,13-21H2,1H3,(H,30,35).